The number of rotatable bonds is 3. The molecule has 1 aliphatic rings. The Morgan fingerprint density at radius 2 is 2.20 bits per heavy atom. The van der Waals surface area contributed by atoms with Crippen molar-refractivity contribution in [2.75, 3.05) is 24.5 Å². The van der Waals surface area contributed by atoms with E-state index >= 15 is 0 Å². The van der Waals surface area contributed by atoms with Gasteiger partial charge in [-0.2, -0.15) is 0 Å². The molecule has 3 N–H and O–H groups in total. The summed E-state index contributed by atoms with van der Waals surface area (Å²) < 4.78 is 0. The lowest BCUT2D eigenvalue weighted by atomic mass is 10.0. The number of anilines is 1. The zero-order valence-corrected chi connectivity index (χ0v) is 11.5. The summed E-state index contributed by atoms with van der Waals surface area (Å²) in [7, 11) is 0. The van der Waals surface area contributed by atoms with Crippen LogP contribution in [-0.4, -0.2) is 36.0 Å². The minimum absolute atomic E-state index is 0.00676. The molecule has 1 saturated heterocycles. The number of hydrogen-bond acceptors (Lipinski definition) is 5. The third-order valence-corrected chi connectivity index (χ3v) is 3.37. The highest BCUT2D eigenvalue weighted by Gasteiger charge is 2.29. The number of amides is 1. The van der Waals surface area contributed by atoms with E-state index in [1.54, 1.807) is 0 Å². The second-order valence-corrected chi connectivity index (χ2v) is 5.56. The van der Waals surface area contributed by atoms with Crippen molar-refractivity contribution in [2.45, 2.75) is 19.4 Å². The quantitative estimate of drug-likeness (QED) is 0.631. The summed E-state index contributed by atoms with van der Waals surface area (Å²) in [6.45, 7) is 6.05. The number of nitro groups is 1. The largest absolute Gasteiger partial charge is 0.366 e. The first-order chi connectivity index (χ1) is 9.30. The van der Waals surface area contributed by atoms with Gasteiger partial charge < -0.3 is 16.0 Å². The molecule has 0 unspecified atom stereocenters. The topological polar surface area (TPSA) is 102 Å². The van der Waals surface area contributed by atoms with Crippen LogP contribution in [0.5, 0.6) is 0 Å². The number of hydrogen-bond donors (Lipinski definition) is 2. The standard InChI is InChI=1S/C13H18N4O3/c1-13(2)8-16(6-5-15-13)11-7-9(12(14)18)3-4-10(11)17(19)20/h3-4,7,15H,5-6,8H2,1-2H3,(H2,14,18). The Bertz CT molecular complexity index is 557. The number of primary amides is 1. The fraction of sp³-hybridized carbons (Fsp3) is 0.462. The first kappa shape index (κ1) is 14.3. The van der Waals surface area contributed by atoms with Gasteiger partial charge in [0.15, 0.2) is 0 Å². The van der Waals surface area contributed by atoms with Crippen molar-refractivity contribution in [3.8, 4) is 0 Å². The van der Waals surface area contributed by atoms with Gasteiger partial charge in [0, 0.05) is 36.8 Å². The van der Waals surface area contributed by atoms with E-state index in [1.165, 1.54) is 18.2 Å². The fourth-order valence-electron chi connectivity index (χ4n) is 2.43. The third-order valence-electron chi connectivity index (χ3n) is 3.37. The Morgan fingerprint density at radius 3 is 2.75 bits per heavy atom. The summed E-state index contributed by atoms with van der Waals surface area (Å²) in [6, 6.07) is 4.23. The summed E-state index contributed by atoms with van der Waals surface area (Å²) in [5.74, 6) is -0.587. The lowest BCUT2D eigenvalue weighted by Crippen LogP contribution is -2.57. The molecular formula is C13H18N4O3. The molecule has 1 amide bonds. The number of carbonyl (C=O) groups excluding carboxylic acids is 1. The molecule has 0 spiro atoms. The molecule has 0 saturated carbocycles. The first-order valence-electron chi connectivity index (χ1n) is 6.38. The summed E-state index contributed by atoms with van der Waals surface area (Å²) >= 11 is 0. The van der Waals surface area contributed by atoms with Gasteiger partial charge in [0.2, 0.25) is 5.91 Å². The van der Waals surface area contributed by atoms with Crippen molar-refractivity contribution in [1.82, 2.24) is 5.32 Å². The lowest BCUT2D eigenvalue weighted by Gasteiger charge is -2.40. The third kappa shape index (κ3) is 2.88. The van der Waals surface area contributed by atoms with Gasteiger partial charge in [0.25, 0.3) is 5.69 Å². The Labute approximate surface area is 116 Å². The van der Waals surface area contributed by atoms with E-state index in [2.05, 4.69) is 5.32 Å². The number of piperazine rings is 1. The number of nitrogens with zero attached hydrogens (tertiary/aromatic N) is 2. The van der Waals surface area contributed by atoms with E-state index in [9.17, 15) is 14.9 Å². The van der Waals surface area contributed by atoms with Crippen LogP contribution in [0.15, 0.2) is 18.2 Å². The highest BCUT2D eigenvalue weighted by molar-refractivity contribution is 5.94. The van der Waals surface area contributed by atoms with E-state index in [0.29, 0.717) is 18.8 Å². The number of nitro benzene ring substituents is 1. The van der Waals surface area contributed by atoms with Gasteiger partial charge in [-0.1, -0.05) is 0 Å². The molecule has 108 valence electrons. The average molecular weight is 278 g/mol. The highest BCUT2D eigenvalue weighted by Crippen LogP contribution is 2.31. The molecule has 0 atom stereocenters. The highest BCUT2D eigenvalue weighted by atomic mass is 16.6. The van der Waals surface area contributed by atoms with E-state index in [1.807, 2.05) is 18.7 Å². The molecule has 1 aromatic rings. The van der Waals surface area contributed by atoms with E-state index in [0.717, 1.165) is 6.54 Å². The molecule has 7 heteroatoms. The van der Waals surface area contributed by atoms with Gasteiger partial charge in [-0.15, -0.1) is 0 Å². The normalized spacial score (nSPS) is 17.8. The zero-order valence-electron chi connectivity index (χ0n) is 11.5. The van der Waals surface area contributed by atoms with Crippen molar-refractivity contribution in [3.05, 3.63) is 33.9 Å². The average Bonchev–Trinajstić information content (AvgIpc) is 2.36. The van der Waals surface area contributed by atoms with Crippen LogP contribution in [0.3, 0.4) is 0 Å². The minimum Gasteiger partial charge on any atom is -0.366 e. The molecule has 1 heterocycles. The Kier molecular flexibility index (Phi) is 3.63. The predicted molar refractivity (Wildman–Crippen MR) is 75.9 cm³/mol. The van der Waals surface area contributed by atoms with Crippen LogP contribution < -0.4 is 16.0 Å². The molecule has 0 radical (unpaired) electrons. The van der Waals surface area contributed by atoms with Gasteiger partial charge in [0.1, 0.15) is 5.69 Å². The second kappa shape index (κ2) is 5.09. The van der Waals surface area contributed by atoms with Crippen LogP contribution in [-0.2, 0) is 0 Å². The summed E-state index contributed by atoms with van der Waals surface area (Å²) in [4.78, 5) is 23.9. The molecule has 7 nitrogen and oxygen atoms in total. The molecule has 2 rings (SSSR count). The summed E-state index contributed by atoms with van der Waals surface area (Å²) in [6.07, 6.45) is 0. The number of benzene rings is 1. The fourth-order valence-corrected chi connectivity index (χ4v) is 2.43. The second-order valence-electron chi connectivity index (χ2n) is 5.56. The maximum Gasteiger partial charge on any atom is 0.292 e. The monoisotopic (exact) mass is 278 g/mol. The Hall–Kier alpha value is -2.15. The molecule has 0 aliphatic carbocycles. The van der Waals surface area contributed by atoms with Gasteiger partial charge in [0.05, 0.1) is 4.92 Å². The SMILES string of the molecule is CC1(C)CN(c2cc(C(N)=O)ccc2[N+](=O)[O-])CCN1. The van der Waals surface area contributed by atoms with Crippen LogP contribution in [0.25, 0.3) is 0 Å². The smallest absolute Gasteiger partial charge is 0.292 e. The van der Waals surface area contributed by atoms with Crippen LogP contribution in [0.1, 0.15) is 24.2 Å². The van der Waals surface area contributed by atoms with Crippen LogP contribution in [0.2, 0.25) is 0 Å². The van der Waals surface area contributed by atoms with E-state index < -0.39 is 10.8 Å². The van der Waals surface area contributed by atoms with Gasteiger partial charge in [-0.3, -0.25) is 14.9 Å². The van der Waals surface area contributed by atoms with Crippen molar-refractivity contribution in [1.29, 1.82) is 0 Å². The maximum atomic E-state index is 11.3. The van der Waals surface area contributed by atoms with Gasteiger partial charge in [-0.25, -0.2) is 0 Å². The van der Waals surface area contributed by atoms with E-state index in [4.69, 9.17) is 5.73 Å². The lowest BCUT2D eigenvalue weighted by molar-refractivity contribution is -0.384. The molecule has 0 bridgehead atoms. The van der Waals surface area contributed by atoms with Crippen LogP contribution in [0.4, 0.5) is 11.4 Å². The Morgan fingerprint density at radius 1 is 1.50 bits per heavy atom. The zero-order chi connectivity index (χ0) is 14.9. The summed E-state index contributed by atoms with van der Waals surface area (Å²) in [5, 5.41) is 14.5. The molecule has 0 aromatic heterocycles. The van der Waals surface area contributed by atoms with Crippen molar-refractivity contribution in [2.24, 2.45) is 5.73 Å². The van der Waals surface area contributed by atoms with Gasteiger partial charge >= 0.3 is 0 Å². The number of nitrogens with one attached hydrogen (secondary N) is 1. The summed E-state index contributed by atoms with van der Waals surface area (Å²) in [5.41, 5.74) is 5.83. The van der Waals surface area contributed by atoms with Gasteiger partial charge in [-0.05, 0) is 26.0 Å². The van der Waals surface area contributed by atoms with Crippen LogP contribution >= 0.6 is 0 Å². The predicted octanol–water partition coefficient (Wildman–Crippen LogP) is 0.882. The first-order valence-corrected chi connectivity index (χ1v) is 6.38. The Balaban J connectivity index is 2.44. The van der Waals surface area contributed by atoms with Crippen LogP contribution in [0, 0.1) is 10.1 Å². The van der Waals surface area contributed by atoms with Crippen molar-refractivity contribution in [3.63, 3.8) is 0 Å². The maximum absolute atomic E-state index is 11.3. The van der Waals surface area contributed by atoms with Crippen molar-refractivity contribution >= 4 is 17.3 Å². The molecule has 20 heavy (non-hydrogen) atoms. The molecular weight excluding hydrogens is 260 g/mol. The van der Waals surface area contributed by atoms with Crippen molar-refractivity contribution < 1.29 is 9.72 Å². The molecule has 1 aliphatic heterocycles. The number of nitrogens with two attached hydrogens (primary N) is 1. The molecule has 1 fully saturated rings. The minimum atomic E-state index is -0.587. The number of carbonyl (C=O) groups is 1. The molecule has 1 aromatic carbocycles. The van der Waals surface area contributed by atoms with E-state index in [-0.39, 0.29) is 16.8 Å².